The number of benzene rings is 1. The summed E-state index contributed by atoms with van der Waals surface area (Å²) in [5, 5.41) is 7.49. The second kappa shape index (κ2) is 6.48. The maximum absolute atomic E-state index is 13.0. The molecule has 0 saturated heterocycles. The molecule has 0 aliphatic carbocycles. The minimum atomic E-state index is -0.189. The van der Waals surface area contributed by atoms with Crippen LogP contribution in [0.1, 0.15) is 24.0 Å². The molecular formula is C15H20FN3. The minimum absolute atomic E-state index is 0.189. The van der Waals surface area contributed by atoms with E-state index >= 15 is 0 Å². The number of hydrogen-bond donors (Lipinski definition) is 1. The molecule has 102 valence electrons. The van der Waals surface area contributed by atoms with Crippen molar-refractivity contribution in [2.75, 3.05) is 13.6 Å². The molecule has 0 saturated carbocycles. The van der Waals surface area contributed by atoms with Gasteiger partial charge < -0.3 is 5.32 Å². The molecule has 0 spiro atoms. The molecule has 1 heterocycles. The van der Waals surface area contributed by atoms with E-state index in [1.54, 1.807) is 0 Å². The van der Waals surface area contributed by atoms with Gasteiger partial charge in [-0.25, -0.2) is 4.39 Å². The highest BCUT2D eigenvalue weighted by Crippen LogP contribution is 2.20. The van der Waals surface area contributed by atoms with Crippen LogP contribution in [-0.4, -0.2) is 23.4 Å². The lowest BCUT2D eigenvalue weighted by Crippen LogP contribution is -2.19. The summed E-state index contributed by atoms with van der Waals surface area (Å²) < 4.78 is 14.9. The largest absolute Gasteiger partial charge is 0.319 e. The summed E-state index contributed by atoms with van der Waals surface area (Å²) in [5.41, 5.74) is 2.37. The Morgan fingerprint density at radius 1 is 1.32 bits per heavy atom. The van der Waals surface area contributed by atoms with Gasteiger partial charge in [-0.3, -0.25) is 4.68 Å². The van der Waals surface area contributed by atoms with Crippen LogP contribution in [0.5, 0.6) is 0 Å². The van der Waals surface area contributed by atoms with Crippen LogP contribution in [0.2, 0.25) is 0 Å². The molecule has 2 aromatic rings. The molecule has 3 nitrogen and oxygen atoms in total. The van der Waals surface area contributed by atoms with Crippen molar-refractivity contribution in [3.05, 3.63) is 53.6 Å². The molecule has 0 amide bonds. The number of nitrogens with zero attached hydrogens (tertiary/aromatic N) is 2. The molecule has 0 aliphatic heterocycles. The first-order valence-corrected chi connectivity index (χ1v) is 6.64. The first kappa shape index (κ1) is 13.7. The average molecular weight is 261 g/mol. The van der Waals surface area contributed by atoms with Gasteiger partial charge in [-0.1, -0.05) is 12.1 Å². The average Bonchev–Trinajstić information content (AvgIpc) is 2.87. The summed E-state index contributed by atoms with van der Waals surface area (Å²) in [6, 6.07) is 6.77. The standard InChI is InChI=1S/C15H20FN3/c1-3-19-11-12(9-18-19)8-14(10-17-2)13-4-6-15(16)7-5-13/h4-7,9,11,14,17H,3,8,10H2,1-2H3. The van der Waals surface area contributed by atoms with Crippen LogP contribution >= 0.6 is 0 Å². The van der Waals surface area contributed by atoms with Gasteiger partial charge in [0.05, 0.1) is 6.20 Å². The van der Waals surface area contributed by atoms with E-state index in [4.69, 9.17) is 0 Å². The summed E-state index contributed by atoms with van der Waals surface area (Å²) >= 11 is 0. The maximum atomic E-state index is 13.0. The van der Waals surface area contributed by atoms with Crippen molar-refractivity contribution in [2.24, 2.45) is 0 Å². The smallest absolute Gasteiger partial charge is 0.123 e. The number of halogens is 1. The zero-order valence-electron chi connectivity index (χ0n) is 11.4. The quantitative estimate of drug-likeness (QED) is 0.866. The zero-order chi connectivity index (χ0) is 13.7. The molecule has 1 unspecified atom stereocenters. The lowest BCUT2D eigenvalue weighted by Gasteiger charge is -2.16. The van der Waals surface area contributed by atoms with Crippen LogP contribution in [-0.2, 0) is 13.0 Å². The first-order valence-electron chi connectivity index (χ1n) is 6.64. The van der Waals surface area contributed by atoms with Gasteiger partial charge >= 0.3 is 0 Å². The third-order valence-corrected chi connectivity index (χ3v) is 3.28. The molecule has 1 atom stereocenters. The normalized spacial score (nSPS) is 12.6. The van der Waals surface area contributed by atoms with E-state index < -0.39 is 0 Å². The minimum Gasteiger partial charge on any atom is -0.319 e. The van der Waals surface area contributed by atoms with E-state index in [2.05, 4.69) is 23.5 Å². The van der Waals surface area contributed by atoms with Crippen molar-refractivity contribution in [3.63, 3.8) is 0 Å². The summed E-state index contributed by atoms with van der Waals surface area (Å²) in [7, 11) is 1.94. The Kier molecular flexibility index (Phi) is 4.68. The van der Waals surface area contributed by atoms with Crippen LogP contribution in [0.3, 0.4) is 0 Å². The second-order valence-corrected chi connectivity index (χ2v) is 4.71. The van der Waals surface area contributed by atoms with Gasteiger partial charge in [-0.05, 0) is 43.7 Å². The van der Waals surface area contributed by atoms with Crippen LogP contribution in [0.25, 0.3) is 0 Å². The third kappa shape index (κ3) is 3.64. The monoisotopic (exact) mass is 261 g/mol. The summed E-state index contributed by atoms with van der Waals surface area (Å²) in [5.74, 6) is 0.144. The molecule has 0 aliphatic rings. The molecule has 0 radical (unpaired) electrons. The van der Waals surface area contributed by atoms with Crippen LogP contribution < -0.4 is 5.32 Å². The van der Waals surface area contributed by atoms with Crippen molar-refractivity contribution in [1.82, 2.24) is 15.1 Å². The number of aromatic nitrogens is 2. The number of hydrogen-bond acceptors (Lipinski definition) is 2. The number of aryl methyl sites for hydroxylation is 1. The molecule has 1 aromatic heterocycles. The van der Waals surface area contributed by atoms with Crippen LogP contribution in [0.4, 0.5) is 4.39 Å². The molecule has 0 fully saturated rings. The first-order chi connectivity index (χ1) is 9.22. The maximum Gasteiger partial charge on any atom is 0.123 e. The Morgan fingerprint density at radius 2 is 2.05 bits per heavy atom. The van der Waals surface area contributed by atoms with E-state index in [1.165, 1.54) is 17.7 Å². The van der Waals surface area contributed by atoms with Gasteiger partial charge in [0, 0.05) is 25.2 Å². The number of nitrogens with one attached hydrogen (secondary N) is 1. The predicted octanol–water partition coefficient (Wildman–Crippen LogP) is 2.59. The summed E-state index contributed by atoms with van der Waals surface area (Å²) in [6.07, 6.45) is 4.90. The molecule has 1 aromatic carbocycles. The van der Waals surface area contributed by atoms with Gasteiger partial charge in [-0.15, -0.1) is 0 Å². The van der Waals surface area contributed by atoms with Gasteiger partial charge in [0.15, 0.2) is 0 Å². The van der Waals surface area contributed by atoms with Crippen molar-refractivity contribution in [1.29, 1.82) is 0 Å². The molecule has 1 N–H and O–H groups in total. The third-order valence-electron chi connectivity index (χ3n) is 3.28. The fourth-order valence-electron chi connectivity index (χ4n) is 2.26. The van der Waals surface area contributed by atoms with Gasteiger partial charge in [0.25, 0.3) is 0 Å². The Hall–Kier alpha value is -1.68. The number of likely N-dealkylation sites (N-methyl/N-ethyl adjacent to an activating group) is 1. The van der Waals surface area contributed by atoms with Gasteiger partial charge in [-0.2, -0.15) is 5.10 Å². The van der Waals surface area contributed by atoms with E-state index in [0.29, 0.717) is 5.92 Å². The van der Waals surface area contributed by atoms with E-state index in [-0.39, 0.29) is 5.82 Å². The second-order valence-electron chi connectivity index (χ2n) is 4.71. The highest BCUT2D eigenvalue weighted by atomic mass is 19.1. The molecular weight excluding hydrogens is 241 g/mol. The van der Waals surface area contributed by atoms with Crippen LogP contribution in [0, 0.1) is 5.82 Å². The Balaban J connectivity index is 2.13. The van der Waals surface area contributed by atoms with Gasteiger partial charge in [0.2, 0.25) is 0 Å². The molecule has 2 rings (SSSR count). The SMILES string of the molecule is CCn1cc(CC(CNC)c2ccc(F)cc2)cn1. The number of rotatable bonds is 6. The highest BCUT2D eigenvalue weighted by Gasteiger charge is 2.13. The predicted molar refractivity (Wildman–Crippen MR) is 74.7 cm³/mol. The Bertz CT molecular complexity index is 504. The summed E-state index contributed by atoms with van der Waals surface area (Å²) in [4.78, 5) is 0. The van der Waals surface area contributed by atoms with Crippen LogP contribution in [0.15, 0.2) is 36.7 Å². The zero-order valence-corrected chi connectivity index (χ0v) is 11.4. The van der Waals surface area contributed by atoms with Crippen molar-refractivity contribution < 1.29 is 4.39 Å². The molecule has 4 heteroatoms. The van der Waals surface area contributed by atoms with E-state index in [1.807, 2.05) is 30.1 Å². The Morgan fingerprint density at radius 3 is 2.63 bits per heavy atom. The fourth-order valence-corrected chi connectivity index (χ4v) is 2.26. The molecule has 19 heavy (non-hydrogen) atoms. The van der Waals surface area contributed by atoms with Crippen molar-refractivity contribution in [3.8, 4) is 0 Å². The Labute approximate surface area is 113 Å². The summed E-state index contributed by atoms with van der Waals surface area (Å²) in [6.45, 7) is 3.82. The van der Waals surface area contributed by atoms with E-state index in [9.17, 15) is 4.39 Å². The van der Waals surface area contributed by atoms with Crippen molar-refractivity contribution >= 4 is 0 Å². The van der Waals surface area contributed by atoms with Crippen molar-refractivity contribution in [2.45, 2.75) is 25.8 Å². The highest BCUT2D eigenvalue weighted by molar-refractivity contribution is 5.23. The topological polar surface area (TPSA) is 29.9 Å². The van der Waals surface area contributed by atoms with E-state index in [0.717, 1.165) is 25.1 Å². The lowest BCUT2D eigenvalue weighted by molar-refractivity contribution is 0.610. The lowest BCUT2D eigenvalue weighted by atomic mass is 9.93. The van der Waals surface area contributed by atoms with Gasteiger partial charge in [0.1, 0.15) is 5.82 Å². The fraction of sp³-hybridized carbons (Fsp3) is 0.400. The molecule has 0 bridgehead atoms.